The summed E-state index contributed by atoms with van der Waals surface area (Å²) < 4.78 is 3.73. The SMILES string of the molecule is O=c1c2ccc(-c3cc(-c4ccccc4)n(-c4ccccc4)n3)c3cccc(c32)c2nc3ccccc3n12. The van der Waals surface area contributed by atoms with Gasteiger partial charge < -0.3 is 0 Å². The van der Waals surface area contributed by atoms with Crippen LogP contribution in [0.25, 0.3) is 66.4 Å². The lowest BCUT2D eigenvalue weighted by Gasteiger charge is -2.10. The van der Waals surface area contributed by atoms with E-state index in [9.17, 15) is 4.79 Å². The Hall–Kier alpha value is -5.29. The average Bonchev–Trinajstić information content (AvgIpc) is 3.59. The predicted molar refractivity (Wildman–Crippen MR) is 153 cm³/mol. The minimum Gasteiger partial charge on any atom is -0.268 e. The minimum absolute atomic E-state index is 0.0521. The summed E-state index contributed by atoms with van der Waals surface area (Å²) in [5, 5.41) is 8.64. The van der Waals surface area contributed by atoms with Crippen molar-refractivity contribution in [3.05, 3.63) is 132 Å². The van der Waals surface area contributed by atoms with E-state index < -0.39 is 0 Å². The van der Waals surface area contributed by atoms with Gasteiger partial charge in [0.05, 0.1) is 28.1 Å². The van der Waals surface area contributed by atoms with E-state index in [1.54, 1.807) is 4.40 Å². The Bertz CT molecular complexity index is 2140. The van der Waals surface area contributed by atoms with Gasteiger partial charge in [-0.1, -0.05) is 84.9 Å². The summed E-state index contributed by atoms with van der Waals surface area (Å²) in [6.45, 7) is 0. The van der Waals surface area contributed by atoms with Crippen LogP contribution in [0.3, 0.4) is 0 Å². The highest BCUT2D eigenvalue weighted by Gasteiger charge is 2.20. The smallest absolute Gasteiger partial charge is 0.264 e. The number of benzene rings is 5. The monoisotopic (exact) mass is 488 g/mol. The molecule has 5 nitrogen and oxygen atoms in total. The van der Waals surface area contributed by atoms with Gasteiger partial charge in [-0.25, -0.2) is 9.67 Å². The van der Waals surface area contributed by atoms with Crippen LogP contribution in [0.4, 0.5) is 0 Å². The van der Waals surface area contributed by atoms with E-state index in [0.29, 0.717) is 11.0 Å². The van der Waals surface area contributed by atoms with Gasteiger partial charge in [-0.2, -0.15) is 5.10 Å². The molecule has 0 aliphatic heterocycles. The number of aromatic nitrogens is 4. The number of rotatable bonds is 3. The van der Waals surface area contributed by atoms with Crippen LogP contribution >= 0.6 is 0 Å². The highest BCUT2D eigenvalue weighted by molar-refractivity contribution is 6.19. The number of hydrogen-bond donors (Lipinski definition) is 0. The summed E-state index contributed by atoms with van der Waals surface area (Å²) in [5.74, 6) is 0. The molecule has 5 heteroatoms. The zero-order chi connectivity index (χ0) is 25.2. The van der Waals surface area contributed by atoms with Crippen LogP contribution in [0, 0.1) is 0 Å². The second kappa shape index (κ2) is 7.85. The highest BCUT2D eigenvalue weighted by Crippen LogP contribution is 2.37. The molecule has 0 saturated carbocycles. The summed E-state index contributed by atoms with van der Waals surface area (Å²) >= 11 is 0. The molecule has 0 aliphatic carbocycles. The van der Waals surface area contributed by atoms with Crippen molar-refractivity contribution in [3.63, 3.8) is 0 Å². The number of imidazole rings is 1. The van der Waals surface area contributed by atoms with E-state index in [4.69, 9.17) is 10.1 Å². The van der Waals surface area contributed by atoms with Gasteiger partial charge in [-0.05, 0) is 41.8 Å². The Labute approximate surface area is 217 Å². The zero-order valence-corrected chi connectivity index (χ0v) is 20.2. The van der Waals surface area contributed by atoms with Crippen LogP contribution in [-0.2, 0) is 0 Å². The molecule has 0 unspecified atom stereocenters. The van der Waals surface area contributed by atoms with Gasteiger partial charge in [0, 0.05) is 27.3 Å². The first-order valence-electron chi connectivity index (χ1n) is 12.6. The molecule has 5 aromatic carbocycles. The van der Waals surface area contributed by atoms with Crippen molar-refractivity contribution in [2.75, 3.05) is 0 Å². The van der Waals surface area contributed by atoms with Gasteiger partial charge >= 0.3 is 0 Å². The fraction of sp³-hybridized carbons (Fsp3) is 0. The molecule has 8 rings (SSSR count). The van der Waals surface area contributed by atoms with E-state index >= 15 is 0 Å². The Morgan fingerprint density at radius 2 is 1.37 bits per heavy atom. The van der Waals surface area contributed by atoms with Gasteiger partial charge in [0.2, 0.25) is 0 Å². The third-order valence-corrected chi connectivity index (χ3v) is 7.33. The molecule has 0 amide bonds. The van der Waals surface area contributed by atoms with E-state index in [1.807, 2.05) is 83.5 Å². The van der Waals surface area contributed by atoms with Crippen LogP contribution < -0.4 is 5.56 Å². The highest BCUT2D eigenvalue weighted by atomic mass is 16.1. The van der Waals surface area contributed by atoms with Gasteiger partial charge in [-0.3, -0.25) is 9.20 Å². The Morgan fingerprint density at radius 3 is 2.21 bits per heavy atom. The number of nitrogens with zero attached hydrogens (tertiary/aromatic N) is 4. The first-order chi connectivity index (χ1) is 18.8. The summed E-state index contributed by atoms with van der Waals surface area (Å²) in [7, 11) is 0. The van der Waals surface area contributed by atoms with Crippen LogP contribution in [0.15, 0.2) is 126 Å². The lowest BCUT2D eigenvalue weighted by atomic mass is 9.96. The van der Waals surface area contributed by atoms with Crippen molar-refractivity contribution in [3.8, 4) is 28.2 Å². The van der Waals surface area contributed by atoms with Crippen LogP contribution in [-0.4, -0.2) is 19.2 Å². The number of fused-ring (bicyclic) bond motifs is 4. The molecule has 3 heterocycles. The third-order valence-electron chi connectivity index (χ3n) is 7.33. The van der Waals surface area contributed by atoms with E-state index in [0.717, 1.165) is 55.4 Å². The first kappa shape index (κ1) is 20.9. The molecule has 0 saturated heterocycles. The second-order valence-electron chi connectivity index (χ2n) is 9.48. The van der Waals surface area contributed by atoms with E-state index in [2.05, 4.69) is 42.5 Å². The Kier molecular flexibility index (Phi) is 4.31. The van der Waals surface area contributed by atoms with Crippen LogP contribution in [0.1, 0.15) is 0 Å². The molecular weight excluding hydrogens is 468 g/mol. The standard InChI is InChI=1S/C33H20N4O/c38-33-26-19-18-23(24-14-9-15-25(31(24)26)32-34-27-16-7-8-17-29(27)36(32)33)28-20-30(21-10-3-1-4-11-21)37(35-28)22-12-5-2-6-13-22/h1-20H. The van der Waals surface area contributed by atoms with E-state index in [-0.39, 0.29) is 5.56 Å². The predicted octanol–water partition coefficient (Wildman–Crippen LogP) is 7.11. The molecule has 178 valence electrons. The maximum absolute atomic E-state index is 13.7. The number of pyridine rings is 1. The molecule has 0 atom stereocenters. The molecule has 0 bridgehead atoms. The normalized spacial score (nSPS) is 11.8. The third kappa shape index (κ3) is 2.90. The summed E-state index contributed by atoms with van der Waals surface area (Å²) in [6.07, 6.45) is 0. The molecule has 0 radical (unpaired) electrons. The molecule has 8 aromatic rings. The maximum atomic E-state index is 13.7. The first-order valence-corrected chi connectivity index (χ1v) is 12.6. The van der Waals surface area contributed by atoms with Crippen LogP contribution in [0.2, 0.25) is 0 Å². The van der Waals surface area contributed by atoms with Crippen molar-refractivity contribution in [2.24, 2.45) is 0 Å². The summed E-state index contributed by atoms with van der Waals surface area (Å²) in [4.78, 5) is 18.6. The fourth-order valence-corrected chi connectivity index (χ4v) is 5.62. The molecule has 0 aliphatic rings. The van der Waals surface area contributed by atoms with E-state index in [1.165, 1.54) is 0 Å². The molecule has 0 fully saturated rings. The topological polar surface area (TPSA) is 52.2 Å². The van der Waals surface area contributed by atoms with Crippen molar-refractivity contribution >= 4 is 38.2 Å². The zero-order valence-electron chi connectivity index (χ0n) is 20.2. The van der Waals surface area contributed by atoms with Gasteiger partial charge in [-0.15, -0.1) is 0 Å². The molecule has 3 aromatic heterocycles. The molecule has 38 heavy (non-hydrogen) atoms. The van der Waals surface area contributed by atoms with Crippen LogP contribution in [0.5, 0.6) is 0 Å². The van der Waals surface area contributed by atoms with Crippen molar-refractivity contribution in [2.45, 2.75) is 0 Å². The fourth-order valence-electron chi connectivity index (χ4n) is 5.62. The number of hydrogen-bond acceptors (Lipinski definition) is 3. The second-order valence-corrected chi connectivity index (χ2v) is 9.48. The largest absolute Gasteiger partial charge is 0.268 e. The molecular formula is C33H20N4O. The Morgan fingerprint density at radius 1 is 0.632 bits per heavy atom. The molecule has 0 N–H and O–H groups in total. The average molecular weight is 489 g/mol. The molecule has 0 spiro atoms. The lowest BCUT2D eigenvalue weighted by Crippen LogP contribution is -2.13. The van der Waals surface area contributed by atoms with Gasteiger partial charge in [0.25, 0.3) is 5.56 Å². The lowest BCUT2D eigenvalue weighted by molar-refractivity contribution is 0.892. The van der Waals surface area contributed by atoms with Crippen molar-refractivity contribution in [1.82, 2.24) is 19.2 Å². The maximum Gasteiger partial charge on any atom is 0.264 e. The van der Waals surface area contributed by atoms with Crippen molar-refractivity contribution in [1.29, 1.82) is 0 Å². The van der Waals surface area contributed by atoms with Gasteiger partial charge in [0.15, 0.2) is 0 Å². The van der Waals surface area contributed by atoms with Gasteiger partial charge in [0.1, 0.15) is 5.65 Å². The summed E-state index contributed by atoms with van der Waals surface area (Å²) in [5.41, 5.74) is 7.19. The van der Waals surface area contributed by atoms with Crippen molar-refractivity contribution < 1.29 is 0 Å². The quantitative estimate of drug-likeness (QED) is 0.266. The summed E-state index contributed by atoms with van der Waals surface area (Å²) in [6, 6.07) is 40.5. The number of para-hydroxylation sites is 3. The minimum atomic E-state index is -0.0521. The Balaban J connectivity index is 1.44.